The van der Waals surface area contributed by atoms with E-state index in [1.807, 2.05) is 0 Å². The van der Waals surface area contributed by atoms with E-state index in [-0.39, 0.29) is 0 Å². The molecule has 8 nitrogen and oxygen atoms in total. The van der Waals surface area contributed by atoms with Crippen molar-refractivity contribution in [2.24, 2.45) is 0 Å². The molecule has 0 saturated heterocycles. The predicted molar refractivity (Wildman–Crippen MR) is 77.2 cm³/mol. The molecule has 0 fully saturated rings. The molecule has 0 radical (unpaired) electrons. The fourth-order valence-corrected chi connectivity index (χ4v) is 2.71. The van der Waals surface area contributed by atoms with E-state index in [0.717, 1.165) is 13.0 Å². The third kappa shape index (κ3) is 5.53. The van der Waals surface area contributed by atoms with E-state index < -0.39 is 16.3 Å². The molecule has 0 aromatic carbocycles. The first-order valence-electron chi connectivity index (χ1n) is 6.65. The molecule has 1 atom stereocenters. The zero-order chi connectivity index (χ0) is 15.2. The Morgan fingerprint density at radius 1 is 1.40 bits per heavy atom. The topological polar surface area (TPSA) is 103 Å². The average Bonchev–Trinajstić information content (AvgIpc) is 2.87. The molecule has 1 aromatic rings. The third-order valence-corrected chi connectivity index (χ3v) is 4.44. The molecule has 0 aliphatic rings. The van der Waals surface area contributed by atoms with Crippen LogP contribution in [0.5, 0.6) is 0 Å². The lowest BCUT2D eigenvalue weighted by atomic mass is 10.3. The van der Waals surface area contributed by atoms with Gasteiger partial charge in [-0.05, 0) is 19.9 Å². The molecule has 1 unspecified atom stereocenters. The number of rotatable bonds is 9. The molecule has 0 saturated carbocycles. The minimum atomic E-state index is -3.52. The Kier molecular flexibility index (Phi) is 6.53. The number of nitrogens with one attached hydrogen (secondary N) is 3. The van der Waals surface area contributed by atoms with Crippen LogP contribution < -0.4 is 10.0 Å². The lowest BCUT2D eigenvalue weighted by molar-refractivity contribution is 0.432. The highest BCUT2D eigenvalue weighted by atomic mass is 32.2. The molecule has 0 aliphatic carbocycles. The molecule has 0 amide bonds. The van der Waals surface area contributed by atoms with Gasteiger partial charge < -0.3 is 5.32 Å². The second kappa shape index (κ2) is 7.67. The molecule has 1 heterocycles. The number of aromatic amines is 1. The molecule has 9 heteroatoms. The summed E-state index contributed by atoms with van der Waals surface area (Å²) in [5.74, 6) is 0.489. The minimum Gasteiger partial charge on any atom is -0.314 e. The van der Waals surface area contributed by atoms with Crippen LogP contribution >= 0.6 is 0 Å². The Morgan fingerprint density at radius 2 is 2.10 bits per heavy atom. The van der Waals surface area contributed by atoms with Crippen molar-refractivity contribution in [1.82, 2.24) is 29.5 Å². The molecule has 0 aliphatic heterocycles. The van der Waals surface area contributed by atoms with Gasteiger partial charge in [-0.25, -0.2) is 4.98 Å². The van der Waals surface area contributed by atoms with E-state index >= 15 is 0 Å². The number of hydrogen-bond donors (Lipinski definition) is 3. The molecular formula is C11H24N6O2S. The van der Waals surface area contributed by atoms with E-state index in [9.17, 15) is 8.42 Å². The molecule has 0 bridgehead atoms. The summed E-state index contributed by atoms with van der Waals surface area (Å²) in [5, 5.41) is 9.60. The molecule has 1 aromatic heterocycles. The summed E-state index contributed by atoms with van der Waals surface area (Å²) in [6.45, 7) is 7.07. The van der Waals surface area contributed by atoms with Crippen LogP contribution in [0.2, 0.25) is 0 Å². The fourth-order valence-electron chi connectivity index (χ4n) is 1.61. The maximum atomic E-state index is 12.1. The third-order valence-electron chi connectivity index (χ3n) is 2.78. The normalized spacial score (nSPS) is 14.1. The fraction of sp³-hybridized carbons (Fsp3) is 0.818. The van der Waals surface area contributed by atoms with Crippen LogP contribution in [0.25, 0.3) is 0 Å². The standard InChI is InChI=1S/C11H24N6O2S/c1-9(2)12-6-5-7-17(4)20(18,19)16-10(3)11-13-8-14-15-11/h8-10,12,16H,5-7H2,1-4H3,(H,13,14,15). The monoisotopic (exact) mass is 304 g/mol. The summed E-state index contributed by atoms with van der Waals surface area (Å²) < 4.78 is 28.1. The molecule has 20 heavy (non-hydrogen) atoms. The first kappa shape index (κ1) is 17.0. The zero-order valence-electron chi connectivity index (χ0n) is 12.4. The van der Waals surface area contributed by atoms with Gasteiger partial charge in [0.05, 0.1) is 6.04 Å². The smallest absolute Gasteiger partial charge is 0.279 e. The first-order chi connectivity index (χ1) is 9.33. The van der Waals surface area contributed by atoms with Crippen LogP contribution in [-0.2, 0) is 10.2 Å². The van der Waals surface area contributed by atoms with Gasteiger partial charge in [0.2, 0.25) is 0 Å². The Labute approximate surface area is 120 Å². The number of H-pyrrole nitrogens is 1. The Balaban J connectivity index is 2.43. The van der Waals surface area contributed by atoms with Gasteiger partial charge in [0.15, 0.2) is 0 Å². The number of hydrogen-bond acceptors (Lipinski definition) is 5. The van der Waals surface area contributed by atoms with E-state index in [1.54, 1.807) is 14.0 Å². The minimum absolute atomic E-state index is 0.404. The van der Waals surface area contributed by atoms with Gasteiger partial charge in [-0.3, -0.25) is 5.10 Å². The maximum absolute atomic E-state index is 12.1. The van der Waals surface area contributed by atoms with Crippen LogP contribution in [0.3, 0.4) is 0 Å². The summed E-state index contributed by atoms with van der Waals surface area (Å²) in [6.07, 6.45) is 2.10. The quantitative estimate of drug-likeness (QED) is 0.558. The molecule has 3 N–H and O–H groups in total. The van der Waals surface area contributed by atoms with Crippen molar-refractivity contribution in [3.05, 3.63) is 12.2 Å². The van der Waals surface area contributed by atoms with E-state index in [1.165, 1.54) is 10.6 Å². The van der Waals surface area contributed by atoms with Crippen molar-refractivity contribution in [2.45, 2.75) is 39.3 Å². The Bertz CT molecular complexity index is 473. The summed E-state index contributed by atoms with van der Waals surface area (Å²) in [5.41, 5.74) is 0. The van der Waals surface area contributed by atoms with Crippen molar-refractivity contribution >= 4 is 10.2 Å². The summed E-state index contributed by atoms with van der Waals surface area (Å²) in [6, 6.07) is -0.0414. The average molecular weight is 304 g/mol. The Hall–Kier alpha value is -1.03. The van der Waals surface area contributed by atoms with Crippen molar-refractivity contribution in [3.63, 3.8) is 0 Å². The van der Waals surface area contributed by atoms with E-state index in [0.29, 0.717) is 18.4 Å². The molecule has 0 spiro atoms. The van der Waals surface area contributed by atoms with Gasteiger partial charge in [0.1, 0.15) is 12.2 Å². The van der Waals surface area contributed by atoms with Gasteiger partial charge in [0, 0.05) is 19.6 Å². The number of nitrogens with zero attached hydrogens (tertiary/aromatic N) is 3. The first-order valence-corrected chi connectivity index (χ1v) is 8.09. The lowest BCUT2D eigenvalue weighted by Crippen LogP contribution is -2.41. The van der Waals surface area contributed by atoms with Gasteiger partial charge in [0.25, 0.3) is 10.2 Å². The van der Waals surface area contributed by atoms with E-state index in [2.05, 4.69) is 39.1 Å². The van der Waals surface area contributed by atoms with E-state index in [4.69, 9.17) is 0 Å². The highest BCUT2D eigenvalue weighted by molar-refractivity contribution is 7.87. The molecule has 1 rings (SSSR count). The van der Waals surface area contributed by atoms with Crippen LogP contribution in [0.1, 0.15) is 39.1 Å². The van der Waals surface area contributed by atoms with Gasteiger partial charge in [-0.1, -0.05) is 13.8 Å². The zero-order valence-corrected chi connectivity index (χ0v) is 13.2. The molecular weight excluding hydrogens is 280 g/mol. The maximum Gasteiger partial charge on any atom is 0.279 e. The van der Waals surface area contributed by atoms with Gasteiger partial charge >= 0.3 is 0 Å². The SMILES string of the molecule is CC(C)NCCCN(C)S(=O)(=O)NC(C)c1ncn[nH]1. The highest BCUT2D eigenvalue weighted by Gasteiger charge is 2.21. The second-order valence-corrected chi connectivity index (χ2v) is 6.81. The van der Waals surface area contributed by atoms with Gasteiger partial charge in [-0.2, -0.15) is 22.5 Å². The lowest BCUT2D eigenvalue weighted by Gasteiger charge is -2.20. The van der Waals surface area contributed by atoms with Gasteiger partial charge in [-0.15, -0.1) is 0 Å². The van der Waals surface area contributed by atoms with Crippen molar-refractivity contribution in [1.29, 1.82) is 0 Å². The van der Waals surface area contributed by atoms with Crippen molar-refractivity contribution < 1.29 is 8.42 Å². The van der Waals surface area contributed by atoms with Crippen LogP contribution in [-0.4, -0.2) is 54.1 Å². The van der Waals surface area contributed by atoms with Crippen molar-refractivity contribution in [3.8, 4) is 0 Å². The summed E-state index contributed by atoms with van der Waals surface area (Å²) in [4.78, 5) is 3.93. The Morgan fingerprint density at radius 3 is 2.65 bits per heavy atom. The second-order valence-electron chi connectivity index (χ2n) is 5.00. The predicted octanol–water partition coefficient (Wildman–Crippen LogP) is 0.0200. The van der Waals surface area contributed by atoms with Crippen LogP contribution in [0, 0.1) is 0 Å². The summed E-state index contributed by atoms with van der Waals surface area (Å²) in [7, 11) is -1.96. The largest absolute Gasteiger partial charge is 0.314 e. The highest BCUT2D eigenvalue weighted by Crippen LogP contribution is 2.08. The molecule has 116 valence electrons. The number of aromatic nitrogens is 3. The van der Waals surface area contributed by atoms with Crippen molar-refractivity contribution in [2.75, 3.05) is 20.1 Å². The van der Waals surface area contributed by atoms with Crippen LogP contribution in [0.15, 0.2) is 6.33 Å². The van der Waals surface area contributed by atoms with Crippen LogP contribution in [0.4, 0.5) is 0 Å². The summed E-state index contributed by atoms with van der Waals surface area (Å²) >= 11 is 0.